The highest BCUT2D eigenvalue weighted by atomic mass is 79.9. The van der Waals surface area contributed by atoms with Gasteiger partial charge in [-0.05, 0) is 22.0 Å². The van der Waals surface area contributed by atoms with Crippen LogP contribution in [0.3, 0.4) is 0 Å². The van der Waals surface area contributed by atoms with Crippen LogP contribution in [0, 0.1) is 10.1 Å². The Bertz CT molecular complexity index is 649. The smallest absolute Gasteiger partial charge is 0.401 e. The third kappa shape index (κ3) is 4.82. The Morgan fingerprint density at radius 3 is 2.53 bits per heavy atom. The Hall–Kier alpha value is -1.10. The molecule has 0 heterocycles. The van der Waals surface area contributed by atoms with Crippen LogP contribution in [0.25, 0.3) is 0 Å². The number of nitrogens with zero attached hydrogens (tertiary/aromatic N) is 1. The van der Waals surface area contributed by atoms with E-state index in [1.54, 1.807) is 0 Å². The van der Waals surface area contributed by atoms with Gasteiger partial charge >= 0.3 is 21.0 Å². The number of nitrogens with one attached hydrogen (secondary N) is 1. The second-order valence-corrected chi connectivity index (χ2v) is 6.51. The Labute approximate surface area is 124 Å². The average Bonchev–Trinajstić information content (AvgIpc) is 2.18. The molecule has 0 aliphatic heterocycles. The fraction of sp³-hybridized carbons (Fsp3) is 0. The third-order valence-electron chi connectivity index (χ3n) is 1.59. The van der Waals surface area contributed by atoms with Gasteiger partial charge in [0, 0.05) is 21.8 Å². The van der Waals surface area contributed by atoms with Crippen molar-refractivity contribution in [1.29, 1.82) is 0 Å². The molecule has 104 valence electrons. The fourth-order valence-corrected chi connectivity index (χ4v) is 2.30. The second kappa shape index (κ2) is 5.90. The minimum Gasteiger partial charge on any atom is -0.401 e. The Morgan fingerprint density at radius 1 is 1.47 bits per heavy atom. The number of carbonyl (C=O) groups is 1. The summed E-state index contributed by atoms with van der Waals surface area (Å²) in [5, 5.41) is 10.8. The van der Waals surface area contributed by atoms with E-state index in [2.05, 4.69) is 20.7 Å². The monoisotopic (exact) mass is 392 g/mol. The Kier molecular flexibility index (Phi) is 4.96. The predicted molar refractivity (Wildman–Crippen MR) is 69.7 cm³/mol. The molecule has 12 heteroatoms. The van der Waals surface area contributed by atoms with Crippen molar-refractivity contribution in [2.75, 3.05) is 0 Å². The van der Waals surface area contributed by atoms with Crippen LogP contribution in [0.1, 0.15) is 0 Å². The van der Waals surface area contributed by atoms with E-state index in [1.807, 2.05) is 0 Å². The van der Waals surface area contributed by atoms with Crippen LogP contribution in [0.5, 0.6) is 5.75 Å². The minimum atomic E-state index is -4.36. The zero-order valence-corrected chi connectivity index (χ0v) is 12.5. The van der Waals surface area contributed by atoms with Crippen molar-refractivity contribution in [3.8, 4) is 5.75 Å². The van der Waals surface area contributed by atoms with Gasteiger partial charge in [0.05, 0.1) is 9.40 Å². The van der Waals surface area contributed by atoms with E-state index in [9.17, 15) is 23.3 Å². The van der Waals surface area contributed by atoms with E-state index in [1.165, 1.54) is 10.8 Å². The van der Waals surface area contributed by atoms with Gasteiger partial charge < -0.3 is 4.74 Å². The first-order valence-electron chi connectivity index (χ1n) is 4.18. The zero-order valence-electron chi connectivity index (χ0n) is 8.59. The van der Waals surface area contributed by atoms with Gasteiger partial charge in [-0.2, -0.15) is 8.42 Å². The highest BCUT2D eigenvalue weighted by molar-refractivity contribution is 9.10. The summed E-state index contributed by atoms with van der Waals surface area (Å²) in [6, 6.07) is 2.16. The molecular weight excluding hydrogens is 391 g/mol. The summed E-state index contributed by atoms with van der Waals surface area (Å²) >= 11 is 8.50. The largest absolute Gasteiger partial charge is 0.427 e. The standard InChI is InChI=1S/C7H3BrCl2N2O6S/c8-4-1-3(9)2-5(12(14)15)6(4)18-7(13)11-19(10,16)17/h1-2H,(H,11,13). The van der Waals surface area contributed by atoms with Crippen LogP contribution in [0.2, 0.25) is 5.02 Å². The van der Waals surface area contributed by atoms with Crippen LogP contribution in [0.4, 0.5) is 10.5 Å². The maximum Gasteiger partial charge on any atom is 0.427 e. The molecule has 1 rings (SSSR count). The first-order valence-corrected chi connectivity index (χ1v) is 7.66. The topological polar surface area (TPSA) is 116 Å². The summed E-state index contributed by atoms with van der Waals surface area (Å²) in [7, 11) is 0.394. The molecule has 0 bridgehead atoms. The number of hydrogen-bond donors (Lipinski definition) is 1. The highest BCUT2D eigenvalue weighted by Crippen LogP contribution is 2.37. The molecule has 19 heavy (non-hydrogen) atoms. The molecule has 1 aromatic carbocycles. The molecule has 0 aliphatic rings. The van der Waals surface area contributed by atoms with Gasteiger partial charge in [-0.15, -0.1) is 0 Å². The van der Waals surface area contributed by atoms with Gasteiger partial charge in [0.25, 0.3) is 0 Å². The molecule has 0 unspecified atom stereocenters. The number of amides is 1. The SMILES string of the molecule is O=C(NS(=O)(=O)Cl)Oc1c(Br)cc(Cl)cc1[N+](=O)[O-]. The number of benzene rings is 1. The van der Waals surface area contributed by atoms with Crippen molar-refractivity contribution in [2.24, 2.45) is 0 Å². The molecule has 8 nitrogen and oxygen atoms in total. The molecule has 1 aromatic rings. The molecule has 0 aliphatic carbocycles. The molecule has 0 radical (unpaired) electrons. The molecule has 0 fully saturated rings. The molecule has 0 saturated heterocycles. The van der Waals surface area contributed by atoms with E-state index < -0.39 is 31.7 Å². The average molecular weight is 394 g/mol. The lowest BCUT2D eigenvalue weighted by Gasteiger charge is -2.07. The summed E-state index contributed by atoms with van der Waals surface area (Å²) in [4.78, 5) is 21.1. The summed E-state index contributed by atoms with van der Waals surface area (Å²) in [6.07, 6.45) is -1.50. The lowest BCUT2D eigenvalue weighted by atomic mass is 10.3. The summed E-state index contributed by atoms with van der Waals surface area (Å²) in [5.41, 5.74) is -0.624. The summed E-state index contributed by atoms with van der Waals surface area (Å²) in [5.74, 6) is -0.507. The lowest BCUT2D eigenvalue weighted by molar-refractivity contribution is -0.385. The molecular formula is C7H3BrCl2N2O6S. The quantitative estimate of drug-likeness (QED) is 0.479. The van der Waals surface area contributed by atoms with Gasteiger partial charge in [-0.3, -0.25) is 10.1 Å². The van der Waals surface area contributed by atoms with Gasteiger partial charge in [0.15, 0.2) is 0 Å². The van der Waals surface area contributed by atoms with Gasteiger partial charge in [-0.1, -0.05) is 11.6 Å². The predicted octanol–water partition coefficient (Wildman–Crippen LogP) is 2.58. The second-order valence-electron chi connectivity index (χ2n) is 2.92. The molecule has 0 aromatic heterocycles. The number of ether oxygens (including phenoxy) is 1. The van der Waals surface area contributed by atoms with Gasteiger partial charge in [0.2, 0.25) is 5.75 Å². The van der Waals surface area contributed by atoms with Crippen LogP contribution < -0.4 is 9.46 Å². The van der Waals surface area contributed by atoms with E-state index in [4.69, 9.17) is 22.3 Å². The lowest BCUT2D eigenvalue weighted by Crippen LogP contribution is -2.29. The maximum atomic E-state index is 11.2. The third-order valence-corrected chi connectivity index (χ3v) is 3.03. The van der Waals surface area contributed by atoms with Crippen molar-refractivity contribution in [2.45, 2.75) is 0 Å². The molecule has 0 atom stereocenters. The number of nitro benzene ring substituents is 1. The van der Waals surface area contributed by atoms with E-state index in [-0.39, 0.29) is 9.50 Å². The maximum absolute atomic E-state index is 11.2. The first-order chi connectivity index (χ1) is 8.60. The van der Waals surface area contributed by atoms with E-state index >= 15 is 0 Å². The Balaban J connectivity index is 3.14. The fourth-order valence-electron chi connectivity index (χ4n) is 0.996. The summed E-state index contributed by atoms with van der Waals surface area (Å²) < 4.78 is 26.9. The number of halogens is 3. The number of nitro groups is 1. The molecule has 1 amide bonds. The van der Waals surface area contributed by atoms with Crippen molar-refractivity contribution in [3.05, 3.63) is 31.7 Å². The van der Waals surface area contributed by atoms with E-state index in [0.29, 0.717) is 0 Å². The van der Waals surface area contributed by atoms with Crippen molar-refractivity contribution >= 4 is 59.2 Å². The van der Waals surface area contributed by atoms with Gasteiger partial charge in [-0.25, -0.2) is 9.52 Å². The van der Waals surface area contributed by atoms with Crippen LogP contribution >= 0.6 is 38.2 Å². The summed E-state index contributed by atoms with van der Waals surface area (Å²) in [6.45, 7) is 0. The van der Waals surface area contributed by atoms with Crippen molar-refractivity contribution in [1.82, 2.24) is 4.72 Å². The van der Waals surface area contributed by atoms with Crippen LogP contribution in [0.15, 0.2) is 16.6 Å². The van der Waals surface area contributed by atoms with Crippen LogP contribution in [-0.2, 0) is 9.24 Å². The normalized spacial score (nSPS) is 10.9. The van der Waals surface area contributed by atoms with Crippen molar-refractivity contribution in [3.63, 3.8) is 0 Å². The Morgan fingerprint density at radius 2 is 2.05 bits per heavy atom. The van der Waals surface area contributed by atoms with Gasteiger partial charge in [0.1, 0.15) is 0 Å². The number of hydrogen-bond acceptors (Lipinski definition) is 6. The first kappa shape index (κ1) is 16.0. The number of rotatable bonds is 3. The van der Waals surface area contributed by atoms with E-state index in [0.717, 1.165) is 6.07 Å². The highest BCUT2D eigenvalue weighted by Gasteiger charge is 2.24. The minimum absolute atomic E-state index is 0.00572. The molecule has 0 spiro atoms. The molecule has 0 saturated carbocycles. The van der Waals surface area contributed by atoms with Crippen molar-refractivity contribution < 1.29 is 22.9 Å². The molecule has 1 N–H and O–H groups in total. The van der Waals surface area contributed by atoms with Crippen LogP contribution in [-0.4, -0.2) is 19.4 Å². The number of carbonyl (C=O) groups excluding carboxylic acids is 1. The zero-order chi connectivity index (χ0) is 14.8.